The number of carbonyl (C=O) groups is 1. The maximum Gasteiger partial charge on any atom is 0.191 e. The molecule has 2 nitrogen and oxygen atoms in total. The van der Waals surface area contributed by atoms with Crippen LogP contribution in [0.2, 0.25) is 18.1 Å². The molecule has 2 aliphatic carbocycles. The van der Waals surface area contributed by atoms with Gasteiger partial charge in [0.25, 0.3) is 0 Å². The van der Waals surface area contributed by atoms with Crippen molar-refractivity contribution in [2.75, 3.05) is 6.61 Å². The van der Waals surface area contributed by atoms with Crippen molar-refractivity contribution < 1.29 is 9.22 Å². The van der Waals surface area contributed by atoms with E-state index in [4.69, 9.17) is 4.43 Å². The van der Waals surface area contributed by atoms with Gasteiger partial charge in [0.05, 0.1) is 0 Å². The highest BCUT2D eigenvalue weighted by atomic mass is 28.4. The van der Waals surface area contributed by atoms with E-state index in [2.05, 4.69) is 54.6 Å². The Balaban J connectivity index is 2.02. The fourth-order valence-corrected chi connectivity index (χ4v) is 5.33. The first-order valence-electron chi connectivity index (χ1n) is 9.26. The number of carbonyl (C=O) groups excluding carboxylic acids is 1. The molecule has 0 unspecified atom stereocenters. The van der Waals surface area contributed by atoms with Gasteiger partial charge in [-0.05, 0) is 55.8 Å². The van der Waals surface area contributed by atoms with Crippen molar-refractivity contribution in [3.63, 3.8) is 0 Å². The first kappa shape index (κ1) is 18.9. The lowest BCUT2D eigenvalue weighted by Gasteiger charge is -2.41. The van der Waals surface area contributed by atoms with Crippen LogP contribution in [-0.4, -0.2) is 20.7 Å². The normalized spacial score (nSPS) is 30.5. The summed E-state index contributed by atoms with van der Waals surface area (Å²) in [7, 11) is -1.66. The number of ketones is 1. The number of fused-ring (bicyclic) bond motifs is 1. The van der Waals surface area contributed by atoms with Gasteiger partial charge in [0.1, 0.15) is 0 Å². The van der Waals surface area contributed by atoms with Crippen LogP contribution >= 0.6 is 0 Å². The average Bonchev–Trinajstić information content (AvgIpc) is 2.81. The summed E-state index contributed by atoms with van der Waals surface area (Å²) in [4.78, 5) is 12.5. The van der Waals surface area contributed by atoms with Crippen LogP contribution in [-0.2, 0) is 9.22 Å². The number of allylic oxidation sites excluding steroid dienone is 2. The maximum absolute atomic E-state index is 12.5. The Bertz CT molecular complexity index is 510. The molecule has 3 heteroatoms. The van der Waals surface area contributed by atoms with E-state index in [1.54, 1.807) is 0 Å². The molecule has 1 saturated carbocycles. The zero-order valence-corrected chi connectivity index (χ0v) is 17.5. The number of hydrogen-bond donors (Lipinski definition) is 0. The lowest BCUT2D eigenvalue weighted by atomic mass is 9.62. The summed E-state index contributed by atoms with van der Waals surface area (Å²) in [5, 5.41) is 0.265. The number of hydrogen-bond acceptors (Lipinski definition) is 2. The molecule has 2 rings (SSSR count). The molecule has 1 fully saturated rings. The molecule has 0 aromatic carbocycles. The Morgan fingerprint density at radius 2 is 1.91 bits per heavy atom. The van der Waals surface area contributed by atoms with Gasteiger partial charge >= 0.3 is 0 Å². The molecular weight excluding hydrogens is 300 g/mol. The molecular formula is C20H36O2Si. The molecule has 0 aliphatic heterocycles. The highest BCUT2D eigenvalue weighted by Crippen LogP contribution is 2.63. The van der Waals surface area contributed by atoms with Gasteiger partial charge in [-0.3, -0.25) is 4.79 Å². The van der Waals surface area contributed by atoms with Crippen molar-refractivity contribution in [3.05, 3.63) is 11.6 Å². The van der Waals surface area contributed by atoms with Crippen molar-refractivity contribution in [2.45, 2.75) is 85.4 Å². The molecule has 0 saturated heterocycles. The van der Waals surface area contributed by atoms with Gasteiger partial charge in [0, 0.05) is 17.4 Å². The van der Waals surface area contributed by atoms with Gasteiger partial charge in [-0.15, -0.1) is 0 Å². The maximum atomic E-state index is 12.5. The molecule has 0 amide bonds. The third-order valence-electron chi connectivity index (χ3n) is 7.20. The largest absolute Gasteiger partial charge is 0.417 e. The Kier molecular flexibility index (Phi) is 4.80. The van der Waals surface area contributed by atoms with Gasteiger partial charge in [-0.1, -0.05) is 47.1 Å². The van der Waals surface area contributed by atoms with E-state index in [1.807, 2.05) is 6.08 Å². The van der Waals surface area contributed by atoms with Crippen LogP contribution in [0, 0.1) is 16.7 Å². The minimum atomic E-state index is -1.66. The Morgan fingerprint density at radius 3 is 2.48 bits per heavy atom. The van der Waals surface area contributed by atoms with Gasteiger partial charge in [0.15, 0.2) is 14.1 Å². The molecule has 23 heavy (non-hydrogen) atoms. The van der Waals surface area contributed by atoms with Crippen LogP contribution in [0.15, 0.2) is 11.6 Å². The summed E-state index contributed by atoms with van der Waals surface area (Å²) >= 11 is 0. The molecule has 0 bridgehead atoms. The standard InChI is InChI=1S/C20H36O2Si/c1-15-10-12-20(16(15)14-17(21)19(20,5)6)11-9-13-22-23(7,8)18(2,3)4/h14-15H,9-13H2,1-8H3/t15-,20+/m0/s1. The minimum Gasteiger partial charge on any atom is -0.417 e. The zero-order chi connectivity index (χ0) is 17.7. The lowest BCUT2D eigenvalue weighted by Crippen LogP contribution is -2.41. The lowest BCUT2D eigenvalue weighted by molar-refractivity contribution is -0.125. The topological polar surface area (TPSA) is 26.3 Å². The first-order valence-corrected chi connectivity index (χ1v) is 12.2. The van der Waals surface area contributed by atoms with Crippen LogP contribution in [0.1, 0.15) is 67.2 Å². The second-order valence-electron chi connectivity index (χ2n) is 9.82. The molecule has 0 aromatic rings. The van der Waals surface area contributed by atoms with Gasteiger partial charge in [-0.25, -0.2) is 0 Å². The average molecular weight is 337 g/mol. The van der Waals surface area contributed by atoms with E-state index in [0.717, 1.165) is 19.4 Å². The zero-order valence-electron chi connectivity index (χ0n) is 16.5. The van der Waals surface area contributed by atoms with Crippen molar-refractivity contribution >= 4 is 14.1 Å². The van der Waals surface area contributed by atoms with E-state index in [-0.39, 0.29) is 15.9 Å². The quantitative estimate of drug-likeness (QED) is 0.472. The van der Waals surface area contributed by atoms with Crippen LogP contribution in [0.25, 0.3) is 0 Å². The predicted octanol–water partition coefficient (Wildman–Crippen LogP) is 5.74. The minimum absolute atomic E-state index is 0.0975. The summed E-state index contributed by atoms with van der Waals surface area (Å²) in [6.07, 6.45) is 6.53. The predicted molar refractivity (Wildman–Crippen MR) is 100 cm³/mol. The molecule has 0 aromatic heterocycles. The fourth-order valence-electron chi connectivity index (χ4n) is 4.25. The smallest absolute Gasteiger partial charge is 0.191 e. The van der Waals surface area contributed by atoms with Crippen molar-refractivity contribution in [3.8, 4) is 0 Å². The Morgan fingerprint density at radius 1 is 1.30 bits per heavy atom. The SMILES string of the molecule is C[C@H]1CC[C@]2(CCCO[Si](C)(C)C(C)(C)C)C1=CC(=O)C2(C)C. The molecule has 2 aliphatic rings. The van der Waals surface area contributed by atoms with E-state index in [0.29, 0.717) is 11.7 Å². The molecule has 0 heterocycles. The van der Waals surface area contributed by atoms with Crippen LogP contribution in [0.5, 0.6) is 0 Å². The summed E-state index contributed by atoms with van der Waals surface area (Å²) < 4.78 is 6.36. The third kappa shape index (κ3) is 2.99. The molecule has 0 N–H and O–H groups in total. The fraction of sp³-hybridized carbons (Fsp3) is 0.850. The van der Waals surface area contributed by atoms with Crippen LogP contribution in [0.4, 0.5) is 0 Å². The summed E-state index contributed by atoms with van der Waals surface area (Å²) in [6, 6.07) is 0. The molecule has 0 radical (unpaired) electrons. The second kappa shape index (κ2) is 5.84. The van der Waals surface area contributed by atoms with E-state index >= 15 is 0 Å². The van der Waals surface area contributed by atoms with E-state index in [9.17, 15) is 4.79 Å². The molecule has 0 spiro atoms. The monoisotopic (exact) mass is 336 g/mol. The van der Waals surface area contributed by atoms with Crippen LogP contribution in [0.3, 0.4) is 0 Å². The second-order valence-corrected chi connectivity index (χ2v) is 14.6. The van der Waals surface area contributed by atoms with Gasteiger partial charge in [0.2, 0.25) is 0 Å². The highest BCUT2D eigenvalue weighted by molar-refractivity contribution is 6.74. The van der Waals surface area contributed by atoms with E-state index in [1.165, 1.54) is 18.4 Å². The summed E-state index contributed by atoms with van der Waals surface area (Å²) in [5.41, 5.74) is 1.30. The van der Waals surface area contributed by atoms with Gasteiger partial charge < -0.3 is 4.43 Å². The Hall–Kier alpha value is -0.413. The van der Waals surface area contributed by atoms with Crippen LogP contribution < -0.4 is 0 Å². The third-order valence-corrected chi connectivity index (χ3v) is 11.7. The first-order chi connectivity index (χ1) is 10.4. The van der Waals surface area contributed by atoms with Crippen molar-refractivity contribution in [1.29, 1.82) is 0 Å². The molecule has 2 atom stereocenters. The van der Waals surface area contributed by atoms with Crippen molar-refractivity contribution in [2.24, 2.45) is 16.7 Å². The van der Waals surface area contributed by atoms with Crippen molar-refractivity contribution in [1.82, 2.24) is 0 Å². The molecule has 132 valence electrons. The highest BCUT2D eigenvalue weighted by Gasteiger charge is 2.58. The summed E-state index contributed by atoms with van der Waals surface area (Å²) in [5.74, 6) is 0.909. The number of rotatable bonds is 5. The van der Waals surface area contributed by atoms with Gasteiger partial charge in [-0.2, -0.15) is 0 Å². The summed E-state index contributed by atoms with van der Waals surface area (Å²) in [6.45, 7) is 18.9. The Labute approximate surface area is 144 Å². The van der Waals surface area contributed by atoms with E-state index < -0.39 is 8.32 Å².